The highest BCUT2D eigenvalue weighted by Gasteiger charge is 2.20. The van der Waals surface area contributed by atoms with Gasteiger partial charge in [0.15, 0.2) is 6.04 Å². The van der Waals surface area contributed by atoms with E-state index in [2.05, 4.69) is 4.74 Å². The van der Waals surface area contributed by atoms with Gasteiger partial charge in [-0.05, 0) is 23.9 Å². The predicted octanol–water partition coefficient (Wildman–Crippen LogP) is 4.86. The quantitative estimate of drug-likeness (QED) is 0.437. The van der Waals surface area contributed by atoms with Gasteiger partial charge in [-0.15, -0.1) is 0 Å². The van der Waals surface area contributed by atoms with E-state index in [-0.39, 0.29) is 12.4 Å². The van der Waals surface area contributed by atoms with Gasteiger partial charge in [0.2, 0.25) is 5.75 Å². The van der Waals surface area contributed by atoms with Crippen LogP contribution in [0, 0.1) is 0 Å². The number of rotatable bonds is 6. The normalized spacial score (nSPS) is 12.6. The van der Waals surface area contributed by atoms with Crippen LogP contribution in [-0.2, 0) is 16.1 Å². The first-order chi connectivity index (χ1) is 13.0. The Balaban J connectivity index is 1.68. The van der Waals surface area contributed by atoms with Crippen LogP contribution in [0.1, 0.15) is 12.5 Å². The Kier molecular flexibility index (Phi) is 6.40. The van der Waals surface area contributed by atoms with Gasteiger partial charge in [0.05, 0.1) is 5.02 Å². The van der Waals surface area contributed by atoms with E-state index in [9.17, 15) is 9.69 Å². The molecular formula is C20H17ClNO4P. The van der Waals surface area contributed by atoms with Gasteiger partial charge in [0.25, 0.3) is 0 Å². The summed E-state index contributed by atoms with van der Waals surface area (Å²) in [5.74, 6) is -0.292. The molecule has 0 aliphatic rings. The molecule has 0 spiro atoms. The van der Waals surface area contributed by atoms with Gasteiger partial charge in [0.1, 0.15) is 6.61 Å². The van der Waals surface area contributed by atoms with Crippen molar-refractivity contribution in [3.63, 3.8) is 0 Å². The summed E-state index contributed by atoms with van der Waals surface area (Å²) in [4.78, 5) is 24.3. The summed E-state index contributed by atoms with van der Waals surface area (Å²) in [5, 5.41) is 1.95. The molecule has 0 aliphatic carbocycles. The molecule has 0 heterocycles. The first kappa shape index (κ1) is 19.3. The predicted molar refractivity (Wildman–Crippen MR) is 105 cm³/mol. The fourth-order valence-corrected chi connectivity index (χ4v) is 3.48. The second-order valence-electron chi connectivity index (χ2n) is 5.81. The fraction of sp³-hybridized carbons (Fsp3) is 0.150. The molecule has 0 saturated heterocycles. The van der Waals surface area contributed by atoms with Gasteiger partial charge in [-0.2, -0.15) is 0 Å². The fourth-order valence-electron chi connectivity index (χ4n) is 2.45. The third-order valence-electron chi connectivity index (χ3n) is 3.83. The number of hydrogen-bond acceptors (Lipinski definition) is 5. The molecule has 0 aliphatic heterocycles. The van der Waals surface area contributed by atoms with Crippen molar-refractivity contribution in [2.24, 2.45) is 4.74 Å². The largest absolute Gasteiger partial charge is 0.575 e. The van der Waals surface area contributed by atoms with Crippen LogP contribution in [0.2, 0.25) is 5.02 Å². The lowest BCUT2D eigenvalue weighted by Crippen LogP contribution is -2.18. The molecule has 0 aromatic heterocycles. The summed E-state index contributed by atoms with van der Waals surface area (Å²) in [6, 6.07) is 19.3. The number of carbonyl (C=O) groups is 1. The molecule has 2 atom stereocenters. The Bertz CT molecular complexity index is 978. The van der Waals surface area contributed by atoms with Crippen molar-refractivity contribution in [3.8, 4) is 5.75 Å². The summed E-state index contributed by atoms with van der Waals surface area (Å²) in [7, 11) is -2.49. The van der Waals surface area contributed by atoms with Gasteiger partial charge in [-0.25, -0.2) is 4.79 Å². The average Bonchev–Trinajstić information content (AvgIpc) is 2.69. The van der Waals surface area contributed by atoms with E-state index in [0.717, 1.165) is 16.3 Å². The van der Waals surface area contributed by atoms with Crippen molar-refractivity contribution >= 4 is 36.5 Å². The molecule has 3 aromatic carbocycles. The van der Waals surface area contributed by atoms with Crippen LogP contribution in [0.4, 0.5) is 0 Å². The zero-order valence-electron chi connectivity index (χ0n) is 14.5. The number of nitrogens with zero attached hydrogens (tertiary/aromatic N) is 1. The number of esters is 1. The van der Waals surface area contributed by atoms with Crippen molar-refractivity contribution in [2.45, 2.75) is 19.6 Å². The van der Waals surface area contributed by atoms with Crippen molar-refractivity contribution in [2.75, 3.05) is 0 Å². The van der Waals surface area contributed by atoms with E-state index in [1.165, 1.54) is 6.92 Å². The van der Waals surface area contributed by atoms with Crippen LogP contribution in [0.25, 0.3) is 10.8 Å². The zero-order valence-corrected chi connectivity index (χ0v) is 16.2. The molecule has 0 amide bonds. The lowest BCUT2D eigenvalue weighted by molar-refractivity contribution is -0.169. The first-order valence-electron chi connectivity index (χ1n) is 8.28. The van der Waals surface area contributed by atoms with Crippen LogP contribution in [-0.4, -0.2) is 12.0 Å². The van der Waals surface area contributed by atoms with Crippen LogP contribution in [0.3, 0.4) is 0 Å². The Hall–Kier alpha value is -2.46. The molecule has 0 fully saturated rings. The summed E-state index contributed by atoms with van der Waals surface area (Å²) in [5.41, 5.74) is 0.862. The summed E-state index contributed by atoms with van der Waals surface area (Å²) >= 11 is 6.18. The van der Waals surface area contributed by atoms with E-state index >= 15 is 0 Å². The highest BCUT2D eigenvalue weighted by Crippen LogP contribution is 2.37. The Morgan fingerprint density at radius 1 is 1.11 bits per heavy atom. The summed E-state index contributed by atoms with van der Waals surface area (Å²) in [6.45, 7) is 1.64. The SMILES string of the molecule is C[C@H](N=[P+]([O-])Oc1c(Cl)ccc2ccccc12)C(=O)OCc1ccccc1. The maximum atomic E-state index is 12.3. The van der Waals surface area contributed by atoms with Gasteiger partial charge >= 0.3 is 14.1 Å². The van der Waals surface area contributed by atoms with Gasteiger partial charge in [0, 0.05) is 5.39 Å². The molecule has 7 heteroatoms. The van der Waals surface area contributed by atoms with Crippen molar-refractivity contribution < 1.29 is 18.9 Å². The standard InChI is InChI=1S/C20H17ClNO4P/c1-14(20(23)25-13-15-7-3-2-4-8-15)22-27(24)26-19-17-10-6-5-9-16(17)11-12-18(19)21/h2-12,14H,13H2,1H3/t14-/m0/s1. The maximum Gasteiger partial charge on any atom is 0.395 e. The minimum absolute atomic E-state index is 0.131. The number of halogens is 1. The minimum atomic E-state index is -2.49. The Labute approximate surface area is 163 Å². The minimum Gasteiger partial charge on any atom is -0.575 e. The molecule has 27 heavy (non-hydrogen) atoms. The lowest BCUT2D eigenvalue weighted by Gasteiger charge is -2.08. The van der Waals surface area contributed by atoms with Crippen LogP contribution in [0.15, 0.2) is 71.5 Å². The van der Waals surface area contributed by atoms with Crippen LogP contribution >= 0.6 is 19.8 Å². The molecule has 5 nitrogen and oxygen atoms in total. The van der Waals surface area contributed by atoms with E-state index in [1.54, 1.807) is 6.07 Å². The second-order valence-corrected chi connectivity index (χ2v) is 7.11. The van der Waals surface area contributed by atoms with Crippen molar-refractivity contribution in [1.29, 1.82) is 0 Å². The maximum absolute atomic E-state index is 12.3. The monoisotopic (exact) mass is 401 g/mol. The lowest BCUT2D eigenvalue weighted by atomic mass is 10.1. The molecule has 3 aromatic rings. The van der Waals surface area contributed by atoms with Crippen LogP contribution in [0.5, 0.6) is 5.75 Å². The van der Waals surface area contributed by atoms with E-state index in [1.807, 2.05) is 60.7 Å². The van der Waals surface area contributed by atoms with Gasteiger partial charge in [-0.3, -0.25) is 4.52 Å². The summed E-state index contributed by atoms with van der Waals surface area (Å²) in [6.07, 6.45) is 0. The molecule has 0 N–H and O–H groups in total. The van der Waals surface area contributed by atoms with Crippen molar-refractivity contribution in [3.05, 3.63) is 77.3 Å². The van der Waals surface area contributed by atoms with E-state index < -0.39 is 20.2 Å². The average molecular weight is 402 g/mol. The van der Waals surface area contributed by atoms with Gasteiger partial charge in [-0.1, -0.05) is 77.0 Å². The highest BCUT2D eigenvalue weighted by molar-refractivity contribution is 7.34. The number of ether oxygens (including phenoxy) is 1. The Morgan fingerprint density at radius 3 is 2.59 bits per heavy atom. The number of fused-ring (bicyclic) bond motifs is 1. The highest BCUT2D eigenvalue weighted by atomic mass is 35.5. The molecule has 0 radical (unpaired) electrons. The Morgan fingerprint density at radius 2 is 1.81 bits per heavy atom. The molecule has 0 saturated carbocycles. The first-order valence-corrected chi connectivity index (χ1v) is 9.79. The third-order valence-corrected chi connectivity index (χ3v) is 5.00. The number of hydrogen-bond donors (Lipinski definition) is 0. The van der Waals surface area contributed by atoms with E-state index in [0.29, 0.717) is 5.02 Å². The molecule has 0 bridgehead atoms. The molecular weight excluding hydrogens is 385 g/mol. The molecule has 3 rings (SSSR count). The zero-order chi connectivity index (χ0) is 19.2. The number of benzene rings is 3. The smallest absolute Gasteiger partial charge is 0.395 e. The van der Waals surface area contributed by atoms with Gasteiger partial charge < -0.3 is 9.63 Å². The second kappa shape index (κ2) is 8.96. The third kappa shape index (κ3) is 5.04. The van der Waals surface area contributed by atoms with Crippen LogP contribution < -0.4 is 9.42 Å². The molecule has 138 valence electrons. The van der Waals surface area contributed by atoms with Crippen molar-refractivity contribution in [1.82, 2.24) is 0 Å². The summed E-state index contributed by atoms with van der Waals surface area (Å²) < 4.78 is 14.5. The van der Waals surface area contributed by atoms with E-state index in [4.69, 9.17) is 20.9 Å². The number of carbonyl (C=O) groups excluding carboxylic acids is 1. The molecule has 1 unspecified atom stereocenters. The topological polar surface area (TPSA) is 71.0 Å².